The molecule has 1 saturated heterocycles. The van der Waals surface area contributed by atoms with Crippen LogP contribution in [0.4, 0.5) is 0 Å². The molecule has 0 aromatic carbocycles. The van der Waals surface area contributed by atoms with Crippen LogP contribution in [0.5, 0.6) is 0 Å². The van der Waals surface area contributed by atoms with Crippen molar-refractivity contribution in [3.63, 3.8) is 0 Å². The molecule has 3 heteroatoms. The molecule has 1 aliphatic heterocycles. The van der Waals surface area contributed by atoms with E-state index in [4.69, 9.17) is 4.74 Å². The number of rotatable bonds is 7. The van der Waals surface area contributed by atoms with Gasteiger partial charge in [0.1, 0.15) is 6.10 Å². The molecule has 2 nitrogen and oxygen atoms in total. The Kier molecular flexibility index (Phi) is 6.15. The number of cyclic esters (lactones) is 1. The number of esters is 1. The Morgan fingerprint density at radius 1 is 1.33 bits per heavy atom. The summed E-state index contributed by atoms with van der Waals surface area (Å²) in [4.78, 5) is 11.4. The van der Waals surface area contributed by atoms with Gasteiger partial charge in [-0.25, -0.2) is 0 Å². The minimum absolute atomic E-state index is 0.00421. The van der Waals surface area contributed by atoms with Gasteiger partial charge in [-0.2, -0.15) is 12.6 Å². The minimum atomic E-state index is 0.00421. The van der Waals surface area contributed by atoms with Gasteiger partial charge in [-0.05, 0) is 12.8 Å². The van der Waals surface area contributed by atoms with Gasteiger partial charge >= 0.3 is 5.97 Å². The summed E-state index contributed by atoms with van der Waals surface area (Å²) in [7, 11) is 0. The van der Waals surface area contributed by atoms with Crippen molar-refractivity contribution in [3.8, 4) is 0 Å². The molecule has 0 spiro atoms. The quantitative estimate of drug-likeness (QED) is 0.413. The molecule has 1 heterocycles. The zero-order chi connectivity index (χ0) is 11.1. The van der Waals surface area contributed by atoms with E-state index in [2.05, 4.69) is 19.6 Å². The summed E-state index contributed by atoms with van der Waals surface area (Å²) in [5.41, 5.74) is 0. The molecule has 0 aliphatic carbocycles. The van der Waals surface area contributed by atoms with E-state index in [0.717, 1.165) is 12.8 Å². The summed E-state index contributed by atoms with van der Waals surface area (Å²) in [6.45, 7) is 2.21. The maximum Gasteiger partial charge on any atom is 0.309 e. The lowest BCUT2D eigenvalue weighted by atomic mass is 9.97. The fourth-order valence-electron chi connectivity index (χ4n) is 2.06. The Bertz CT molecular complexity index is 194. The van der Waals surface area contributed by atoms with Gasteiger partial charge in [0.25, 0.3) is 0 Å². The fourth-order valence-corrected chi connectivity index (χ4v) is 2.29. The third-order valence-corrected chi connectivity index (χ3v) is 3.43. The Morgan fingerprint density at radius 3 is 2.67 bits per heavy atom. The van der Waals surface area contributed by atoms with E-state index in [1.54, 1.807) is 0 Å². The van der Waals surface area contributed by atoms with Gasteiger partial charge in [-0.15, -0.1) is 0 Å². The number of ether oxygens (including phenoxy) is 1. The molecule has 0 bridgehead atoms. The van der Waals surface area contributed by atoms with E-state index in [9.17, 15) is 4.79 Å². The molecule has 0 radical (unpaired) electrons. The molecule has 2 atom stereocenters. The summed E-state index contributed by atoms with van der Waals surface area (Å²) in [6.07, 6.45) is 8.27. The number of carbonyl (C=O) groups excluding carboxylic acids is 1. The number of hydrogen-bond acceptors (Lipinski definition) is 3. The standard InChI is InChI=1S/C12H22O2S/c1-2-3-4-5-6-7-10-8-11(9-15)14-12(10)13/h10-11,15H,2-9H2,1H3/t10-,11-/m1/s1. The zero-order valence-corrected chi connectivity index (χ0v) is 10.5. The van der Waals surface area contributed by atoms with Gasteiger partial charge < -0.3 is 4.74 Å². The summed E-state index contributed by atoms with van der Waals surface area (Å²) >= 11 is 4.16. The van der Waals surface area contributed by atoms with Crippen molar-refractivity contribution >= 4 is 18.6 Å². The second-order valence-electron chi connectivity index (χ2n) is 4.38. The van der Waals surface area contributed by atoms with Crippen molar-refractivity contribution in [1.82, 2.24) is 0 Å². The van der Waals surface area contributed by atoms with Crippen LogP contribution in [-0.4, -0.2) is 17.8 Å². The second-order valence-corrected chi connectivity index (χ2v) is 4.74. The molecule has 0 saturated carbocycles. The van der Waals surface area contributed by atoms with Crippen molar-refractivity contribution < 1.29 is 9.53 Å². The smallest absolute Gasteiger partial charge is 0.309 e. The average Bonchev–Trinajstić information content (AvgIpc) is 2.59. The van der Waals surface area contributed by atoms with E-state index in [1.807, 2.05) is 0 Å². The van der Waals surface area contributed by atoms with Crippen LogP contribution in [0, 0.1) is 5.92 Å². The molecule has 0 N–H and O–H groups in total. The molecular formula is C12H22O2S. The third kappa shape index (κ3) is 4.45. The number of thiol groups is 1. The van der Waals surface area contributed by atoms with Crippen molar-refractivity contribution in [2.24, 2.45) is 5.92 Å². The van der Waals surface area contributed by atoms with Crippen molar-refractivity contribution in [2.75, 3.05) is 5.75 Å². The highest BCUT2D eigenvalue weighted by Gasteiger charge is 2.32. The highest BCUT2D eigenvalue weighted by atomic mass is 32.1. The monoisotopic (exact) mass is 230 g/mol. The van der Waals surface area contributed by atoms with Crippen LogP contribution >= 0.6 is 12.6 Å². The Labute approximate surface area is 98.2 Å². The van der Waals surface area contributed by atoms with Crippen molar-refractivity contribution in [3.05, 3.63) is 0 Å². The van der Waals surface area contributed by atoms with E-state index in [0.29, 0.717) is 5.75 Å². The van der Waals surface area contributed by atoms with Gasteiger partial charge in [0.05, 0.1) is 5.92 Å². The Hall–Kier alpha value is -0.180. The van der Waals surface area contributed by atoms with Crippen molar-refractivity contribution in [1.29, 1.82) is 0 Å². The predicted octanol–water partition coefficient (Wildman–Crippen LogP) is 3.21. The maximum atomic E-state index is 11.4. The third-order valence-electron chi connectivity index (χ3n) is 3.02. The van der Waals surface area contributed by atoms with Gasteiger partial charge in [-0.3, -0.25) is 4.79 Å². The topological polar surface area (TPSA) is 26.3 Å². The summed E-state index contributed by atoms with van der Waals surface area (Å²) in [5, 5.41) is 0. The van der Waals surface area contributed by atoms with Crippen LogP contribution < -0.4 is 0 Å². The zero-order valence-electron chi connectivity index (χ0n) is 9.58. The van der Waals surface area contributed by atoms with Crippen molar-refractivity contribution in [2.45, 2.75) is 58.0 Å². The molecular weight excluding hydrogens is 208 g/mol. The molecule has 88 valence electrons. The van der Waals surface area contributed by atoms with Gasteiger partial charge in [0.2, 0.25) is 0 Å². The van der Waals surface area contributed by atoms with Gasteiger partial charge in [-0.1, -0.05) is 39.0 Å². The number of carbonyl (C=O) groups is 1. The van der Waals surface area contributed by atoms with E-state index in [-0.39, 0.29) is 18.0 Å². The molecule has 1 aliphatic rings. The lowest BCUT2D eigenvalue weighted by Gasteiger charge is -2.04. The largest absolute Gasteiger partial charge is 0.461 e. The van der Waals surface area contributed by atoms with E-state index < -0.39 is 0 Å². The number of unbranched alkanes of at least 4 members (excludes halogenated alkanes) is 4. The molecule has 15 heavy (non-hydrogen) atoms. The van der Waals surface area contributed by atoms with E-state index >= 15 is 0 Å². The number of hydrogen-bond donors (Lipinski definition) is 1. The Morgan fingerprint density at radius 2 is 2.07 bits per heavy atom. The maximum absolute atomic E-state index is 11.4. The van der Waals surface area contributed by atoms with Crippen LogP contribution in [-0.2, 0) is 9.53 Å². The molecule has 0 unspecified atom stereocenters. The van der Waals surface area contributed by atoms with Gasteiger partial charge in [0, 0.05) is 5.75 Å². The minimum Gasteiger partial charge on any atom is -0.461 e. The molecule has 1 rings (SSSR count). The summed E-state index contributed by atoms with van der Waals surface area (Å²) in [5.74, 6) is 0.825. The van der Waals surface area contributed by atoms with Crippen LogP contribution in [0.15, 0.2) is 0 Å². The highest BCUT2D eigenvalue weighted by Crippen LogP contribution is 2.26. The lowest BCUT2D eigenvalue weighted by Crippen LogP contribution is -2.08. The molecule has 0 aromatic heterocycles. The first kappa shape index (κ1) is 12.9. The first-order valence-corrected chi connectivity index (χ1v) is 6.72. The summed E-state index contributed by atoms with van der Waals surface area (Å²) in [6, 6.07) is 0. The predicted molar refractivity (Wildman–Crippen MR) is 65.2 cm³/mol. The molecule has 1 fully saturated rings. The van der Waals surface area contributed by atoms with E-state index in [1.165, 1.54) is 32.1 Å². The normalized spacial score (nSPS) is 25.6. The first-order valence-electron chi connectivity index (χ1n) is 6.09. The molecule has 0 amide bonds. The van der Waals surface area contributed by atoms with Crippen LogP contribution in [0.25, 0.3) is 0 Å². The second kappa shape index (κ2) is 7.15. The average molecular weight is 230 g/mol. The Balaban J connectivity index is 2.08. The van der Waals surface area contributed by atoms with Crippen LogP contribution in [0.3, 0.4) is 0 Å². The van der Waals surface area contributed by atoms with Crippen LogP contribution in [0.2, 0.25) is 0 Å². The summed E-state index contributed by atoms with van der Waals surface area (Å²) < 4.78 is 5.19. The first-order chi connectivity index (χ1) is 7.27. The SMILES string of the molecule is CCCCCCC[C@@H]1C[C@H](CS)OC1=O. The highest BCUT2D eigenvalue weighted by molar-refractivity contribution is 7.80. The fraction of sp³-hybridized carbons (Fsp3) is 0.917. The van der Waals surface area contributed by atoms with Gasteiger partial charge in [0.15, 0.2) is 0 Å². The lowest BCUT2D eigenvalue weighted by molar-refractivity contribution is -0.143. The van der Waals surface area contributed by atoms with Crippen LogP contribution in [0.1, 0.15) is 51.9 Å². The molecule has 0 aromatic rings.